The molecule has 4 rings (SSSR count). The SMILES string of the molecule is COc1ccc2c(c1)OCC(CNC(=O)c1cnn3ccccc13)C2. The van der Waals surface area contributed by atoms with Crippen LogP contribution in [0.15, 0.2) is 48.8 Å². The molecule has 0 radical (unpaired) electrons. The summed E-state index contributed by atoms with van der Waals surface area (Å²) in [5.74, 6) is 1.79. The lowest BCUT2D eigenvalue weighted by Gasteiger charge is -2.25. The molecular weight excluding hydrogens is 318 g/mol. The number of methoxy groups -OCH3 is 1. The number of rotatable bonds is 4. The molecule has 0 spiro atoms. The van der Waals surface area contributed by atoms with Crippen LogP contribution in [0.3, 0.4) is 0 Å². The summed E-state index contributed by atoms with van der Waals surface area (Å²) in [6.45, 7) is 1.14. The zero-order valence-corrected chi connectivity index (χ0v) is 13.9. The molecule has 1 amide bonds. The van der Waals surface area contributed by atoms with Crippen molar-refractivity contribution in [1.29, 1.82) is 0 Å². The molecule has 0 fully saturated rings. The van der Waals surface area contributed by atoms with Gasteiger partial charge in [0.1, 0.15) is 11.5 Å². The van der Waals surface area contributed by atoms with Gasteiger partial charge in [0.2, 0.25) is 0 Å². The molecular formula is C19H19N3O3. The van der Waals surface area contributed by atoms with Crippen LogP contribution < -0.4 is 14.8 Å². The lowest BCUT2D eigenvalue weighted by Crippen LogP contribution is -2.34. The Kier molecular flexibility index (Phi) is 4.01. The monoisotopic (exact) mass is 337 g/mol. The van der Waals surface area contributed by atoms with Crippen LogP contribution >= 0.6 is 0 Å². The van der Waals surface area contributed by atoms with Crippen molar-refractivity contribution < 1.29 is 14.3 Å². The van der Waals surface area contributed by atoms with Gasteiger partial charge in [0.15, 0.2) is 0 Å². The first-order chi connectivity index (χ1) is 12.2. The minimum Gasteiger partial charge on any atom is -0.497 e. The molecule has 0 aliphatic carbocycles. The number of hydrogen-bond donors (Lipinski definition) is 1. The van der Waals surface area contributed by atoms with Gasteiger partial charge < -0.3 is 14.8 Å². The Morgan fingerprint density at radius 1 is 1.40 bits per heavy atom. The first-order valence-corrected chi connectivity index (χ1v) is 8.25. The van der Waals surface area contributed by atoms with E-state index in [1.165, 1.54) is 0 Å². The van der Waals surface area contributed by atoms with Crippen LogP contribution in [0, 0.1) is 5.92 Å². The van der Waals surface area contributed by atoms with E-state index in [2.05, 4.69) is 10.4 Å². The topological polar surface area (TPSA) is 64.9 Å². The Labute approximate surface area is 145 Å². The van der Waals surface area contributed by atoms with Crippen molar-refractivity contribution in [3.05, 3.63) is 59.9 Å². The highest BCUT2D eigenvalue weighted by Gasteiger charge is 2.22. The third kappa shape index (κ3) is 3.03. The quantitative estimate of drug-likeness (QED) is 0.793. The normalized spacial score (nSPS) is 16.1. The van der Waals surface area contributed by atoms with Crippen molar-refractivity contribution in [2.45, 2.75) is 6.42 Å². The van der Waals surface area contributed by atoms with E-state index in [0.29, 0.717) is 18.7 Å². The molecule has 0 bridgehead atoms. The second kappa shape index (κ2) is 6.47. The second-order valence-corrected chi connectivity index (χ2v) is 6.15. The van der Waals surface area contributed by atoms with E-state index in [0.717, 1.165) is 29.0 Å². The Bertz CT molecular complexity index is 919. The predicted molar refractivity (Wildman–Crippen MR) is 93.2 cm³/mol. The van der Waals surface area contributed by atoms with Gasteiger partial charge in [0.05, 0.1) is 31.0 Å². The van der Waals surface area contributed by atoms with E-state index in [-0.39, 0.29) is 11.8 Å². The van der Waals surface area contributed by atoms with Crippen molar-refractivity contribution >= 4 is 11.4 Å². The van der Waals surface area contributed by atoms with E-state index in [4.69, 9.17) is 9.47 Å². The van der Waals surface area contributed by atoms with E-state index in [1.54, 1.807) is 17.8 Å². The highest BCUT2D eigenvalue weighted by Crippen LogP contribution is 2.30. The third-order valence-electron chi connectivity index (χ3n) is 4.48. The van der Waals surface area contributed by atoms with Crippen LogP contribution in [0.1, 0.15) is 15.9 Å². The smallest absolute Gasteiger partial charge is 0.255 e. The van der Waals surface area contributed by atoms with Gasteiger partial charge in [-0.1, -0.05) is 12.1 Å². The second-order valence-electron chi connectivity index (χ2n) is 6.15. The number of amides is 1. The van der Waals surface area contributed by atoms with Gasteiger partial charge in [-0.25, -0.2) is 4.52 Å². The van der Waals surface area contributed by atoms with Gasteiger partial charge in [0, 0.05) is 24.7 Å². The van der Waals surface area contributed by atoms with E-state index in [9.17, 15) is 4.79 Å². The molecule has 6 nitrogen and oxygen atoms in total. The van der Waals surface area contributed by atoms with Gasteiger partial charge in [-0.15, -0.1) is 0 Å². The number of pyridine rings is 1. The zero-order chi connectivity index (χ0) is 17.2. The van der Waals surface area contributed by atoms with E-state index in [1.807, 2.05) is 42.6 Å². The minimum atomic E-state index is -0.110. The molecule has 128 valence electrons. The van der Waals surface area contributed by atoms with Crippen LogP contribution in [0.5, 0.6) is 11.5 Å². The van der Waals surface area contributed by atoms with Crippen LogP contribution in [0.2, 0.25) is 0 Å². The molecule has 1 aliphatic heterocycles. The van der Waals surface area contributed by atoms with Crippen LogP contribution in [-0.2, 0) is 6.42 Å². The maximum absolute atomic E-state index is 12.5. The Hall–Kier alpha value is -3.02. The minimum absolute atomic E-state index is 0.110. The zero-order valence-electron chi connectivity index (χ0n) is 13.9. The van der Waals surface area contributed by atoms with Crippen LogP contribution in [0.25, 0.3) is 5.52 Å². The van der Waals surface area contributed by atoms with Crippen molar-refractivity contribution in [1.82, 2.24) is 14.9 Å². The van der Waals surface area contributed by atoms with E-state index >= 15 is 0 Å². The van der Waals surface area contributed by atoms with Crippen LogP contribution in [-0.4, -0.2) is 35.8 Å². The molecule has 6 heteroatoms. The van der Waals surface area contributed by atoms with Gasteiger partial charge in [-0.3, -0.25) is 4.79 Å². The Morgan fingerprint density at radius 2 is 2.32 bits per heavy atom. The van der Waals surface area contributed by atoms with Crippen LogP contribution in [0.4, 0.5) is 0 Å². The average Bonchev–Trinajstić information content (AvgIpc) is 3.09. The number of carbonyl (C=O) groups excluding carboxylic acids is 1. The lowest BCUT2D eigenvalue weighted by molar-refractivity contribution is 0.0940. The average molecular weight is 337 g/mol. The molecule has 0 saturated carbocycles. The fourth-order valence-corrected chi connectivity index (χ4v) is 3.12. The summed E-state index contributed by atoms with van der Waals surface area (Å²) >= 11 is 0. The molecule has 1 aliphatic rings. The summed E-state index contributed by atoms with van der Waals surface area (Å²) in [6.07, 6.45) is 4.30. The Balaban J connectivity index is 1.41. The van der Waals surface area contributed by atoms with E-state index < -0.39 is 0 Å². The highest BCUT2D eigenvalue weighted by atomic mass is 16.5. The number of benzene rings is 1. The molecule has 1 unspecified atom stereocenters. The number of ether oxygens (including phenoxy) is 2. The Morgan fingerprint density at radius 3 is 3.20 bits per heavy atom. The number of carbonyl (C=O) groups is 1. The molecule has 0 saturated heterocycles. The summed E-state index contributed by atoms with van der Waals surface area (Å²) in [6, 6.07) is 11.5. The predicted octanol–water partition coefficient (Wildman–Crippen LogP) is 2.32. The fraction of sp³-hybridized carbons (Fsp3) is 0.263. The molecule has 25 heavy (non-hydrogen) atoms. The van der Waals surface area contributed by atoms with Gasteiger partial charge >= 0.3 is 0 Å². The third-order valence-corrected chi connectivity index (χ3v) is 4.48. The van der Waals surface area contributed by atoms with Gasteiger partial charge in [0.25, 0.3) is 5.91 Å². The summed E-state index contributed by atoms with van der Waals surface area (Å²) in [7, 11) is 1.64. The first-order valence-electron chi connectivity index (χ1n) is 8.25. The largest absolute Gasteiger partial charge is 0.497 e. The molecule has 1 aromatic carbocycles. The summed E-state index contributed by atoms with van der Waals surface area (Å²) in [5, 5.41) is 7.20. The maximum Gasteiger partial charge on any atom is 0.255 e. The van der Waals surface area contributed by atoms with Crippen molar-refractivity contribution in [3.63, 3.8) is 0 Å². The fourth-order valence-electron chi connectivity index (χ4n) is 3.12. The molecule has 3 aromatic rings. The molecule has 1 atom stereocenters. The number of aromatic nitrogens is 2. The number of nitrogens with one attached hydrogen (secondary N) is 1. The van der Waals surface area contributed by atoms with Gasteiger partial charge in [-0.05, 0) is 30.2 Å². The number of fused-ring (bicyclic) bond motifs is 2. The first kappa shape index (κ1) is 15.5. The van der Waals surface area contributed by atoms with Crippen molar-refractivity contribution in [3.8, 4) is 11.5 Å². The van der Waals surface area contributed by atoms with Crippen molar-refractivity contribution in [2.75, 3.05) is 20.3 Å². The molecule has 1 N–H and O–H groups in total. The molecule has 2 aromatic heterocycles. The maximum atomic E-state index is 12.5. The number of nitrogens with zero attached hydrogens (tertiary/aromatic N) is 2. The number of hydrogen-bond acceptors (Lipinski definition) is 4. The lowest BCUT2D eigenvalue weighted by atomic mass is 9.96. The highest BCUT2D eigenvalue weighted by molar-refractivity contribution is 6.00. The summed E-state index contributed by atoms with van der Waals surface area (Å²) < 4.78 is 12.7. The standard InChI is InChI=1S/C19H19N3O3/c1-24-15-6-5-14-8-13(12-25-18(14)9-15)10-20-19(23)16-11-21-22-7-3-2-4-17(16)22/h2-7,9,11,13H,8,10,12H2,1H3,(H,20,23). The summed E-state index contributed by atoms with van der Waals surface area (Å²) in [4.78, 5) is 12.5. The summed E-state index contributed by atoms with van der Waals surface area (Å²) in [5.41, 5.74) is 2.53. The molecule has 3 heterocycles. The van der Waals surface area contributed by atoms with Crippen molar-refractivity contribution in [2.24, 2.45) is 5.92 Å². The van der Waals surface area contributed by atoms with Gasteiger partial charge in [-0.2, -0.15) is 5.10 Å².